The fourth-order valence-electron chi connectivity index (χ4n) is 3.00. The molecule has 2 aromatic rings. The molecule has 0 unspecified atom stereocenters. The third kappa shape index (κ3) is 2.19. The Kier molecular flexibility index (Phi) is 3.14. The summed E-state index contributed by atoms with van der Waals surface area (Å²) in [5, 5.41) is 8.98. The molecule has 0 bridgehead atoms. The highest BCUT2D eigenvalue weighted by Crippen LogP contribution is 2.35. The average Bonchev–Trinajstić information content (AvgIpc) is 2.56. The van der Waals surface area contributed by atoms with Gasteiger partial charge in [0.05, 0.1) is 5.71 Å². The van der Waals surface area contributed by atoms with Gasteiger partial charge in [0.2, 0.25) is 0 Å². The summed E-state index contributed by atoms with van der Waals surface area (Å²) in [5.41, 5.74) is 4.82. The van der Waals surface area contributed by atoms with Gasteiger partial charge in [-0.2, -0.15) is 0 Å². The predicted molar refractivity (Wildman–Crippen MR) is 93.8 cm³/mol. The van der Waals surface area contributed by atoms with Crippen LogP contribution in [0, 0.1) is 5.41 Å². The predicted octanol–water partition coefficient (Wildman–Crippen LogP) is 4.70. The van der Waals surface area contributed by atoms with Crippen LogP contribution in [0.25, 0.3) is 11.6 Å². The number of allylic oxidation sites excluding steroid dienone is 5. The maximum absolute atomic E-state index is 12.9. The van der Waals surface area contributed by atoms with Gasteiger partial charge in [0.25, 0.3) is 0 Å². The molecule has 0 radical (unpaired) electrons. The minimum atomic E-state index is -0.0657. The Balaban J connectivity index is 1.87. The number of ketones is 1. The molecule has 2 aromatic carbocycles. The van der Waals surface area contributed by atoms with Crippen LogP contribution in [0.3, 0.4) is 0 Å². The van der Waals surface area contributed by atoms with Crippen molar-refractivity contribution in [2.45, 2.75) is 0 Å². The van der Waals surface area contributed by atoms with Crippen LogP contribution in [0.5, 0.6) is 0 Å². The van der Waals surface area contributed by atoms with Crippen LogP contribution in [0.1, 0.15) is 16.7 Å². The number of Topliss-reactive ketones (excluding diaryl/α,β-unsaturated/α-hetero) is 1. The smallest absolute Gasteiger partial charge is 0.194 e. The second kappa shape index (κ2) is 5.18. The van der Waals surface area contributed by atoms with E-state index in [1.165, 1.54) is 0 Å². The largest absolute Gasteiger partial charge is 0.300 e. The molecule has 110 valence electrons. The van der Waals surface area contributed by atoms with Crippen molar-refractivity contribution in [3.8, 4) is 0 Å². The number of fused-ring (bicyclic) bond motifs is 2. The van der Waals surface area contributed by atoms with Gasteiger partial charge < -0.3 is 0 Å². The van der Waals surface area contributed by atoms with Gasteiger partial charge >= 0.3 is 0 Å². The van der Waals surface area contributed by atoms with Crippen molar-refractivity contribution in [1.29, 1.82) is 5.41 Å². The minimum absolute atomic E-state index is 0.0657. The number of hydrogen-bond acceptors (Lipinski definition) is 2. The van der Waals surface area contributed by atoms with E-state index in [9.17, 15) is 4.79 Å². The van der Waals surface area contributed by atoms with E-state index in [1.807, 2.05) is 48.6 Å². The number of halogens is 1. The SMILES string of the molecule is N=C1C2=CC=C(c3cccc(Cl)c3)C(=O)C2=Cc2ccccc21. The van der Waals surface area contributed by atoms with Crippen LogP contribution in [-0.2, 0) is 4.79 Å². The van der Waals surface area contributed by atoms with E-state index in [2.05, 4.69) is 0 Å². The van der Waals surface area contributed by atoms with Crippen molar-refractivity contribution in [3.63, 3.8) is 0 Å². The molecule has 0 saturated heterocycles. The summed E-state index contributed by atoms with van der Waals surface area (Å²) >= 11 is 6.04. The lowest BCUT2D eigenvalue weighted by molar-refractivity contribution is -0.110. The van der Waals surface area contributed by atoms with Crippen molar-refractivity contribution in [3.05, 3.63) is 93.5 Å². The number of rotatable bonds is 1. The van der Waals surface area contributed by atoms with Gasteiger partial charge in [0, 0.05) is 27.3 Å². The van der Waals surface area contributed by atoms with Crippen LogP contribution < -0.4 is 0 Å². The molecule has 2 nitrogen and oxygen atoms in total. The molecule has 0 aliphatic heterocycles. The summed E-state index contributed by atoms with van der Waals surface area (Å²) in [6.07, 6.45) is 5.50. The maximum atomic E-state index is 12.9. The monoisotopic (exact) mass is 317 g/mol. The summed E-state index contributed by atoms with van der Waals surface area (Å²) in [7, 11) is 0. The highest BCUT2D eigenvalue weighted by molar-refractivity contribution is 6.39. The van der Waals surface area contributed by atoms with E-state index in [4.69, 9.17) is 17.0 Å². The van der Waals surface area contributed by atoms with Crippen molar-refractivity contribution in [2.75, 3.05) is 0 Å². The molecule has 23 heavy (non-hydrogen) atoms. The number of hydrogen-bond donors (Lipinski definition) is 1. The van der Waals surface area contributed by atoms with Gasteiger partial charge in [0.15, 0.2) is 5.78 Å². The molecule has 4 rings (SSSR count). The van der Waals surface area contributed by atoms with E-state index in [0.717, 1.165) is 16.7 Å². The summed E-state index contributed by atoms with van der Waals surface area (Å²) in [6, 6.07) is 14.9. The van der Waals surface area contributed by atoms with Crippen LogP contribution in [-0.4, -0.2) is 11.5 Å². The Morgan fingerprint density at radius 3 is 2.48 bits per heavy atom. The van der Waals surface area contributed by atoms with Gasteiger partial charge in [-0.05, 0) is 35.4 Å². The van der Waals surface area contributed by atoms with Crippen molar-refractivity contribution < 1.29 is 4.79 Å². The zero-order valence-corrected chi connectivity index (χ0v) is 12.9. The Bertz CT molecular complexity index is 963. The van der Waals surface area contributed by atoms with Gasteiger partial charge in [-0.25, -0.2) is 0 Å². The molecule has 1 N–H and O–H groups in total. The van der Waals surface area contributed by atoms with Crippen molar-refractivity contribution in [2.24, 2.45) is 0 Å². The maximum Gasteiger partial charge on any atom is 0.194 e. The first-order valence-electron chi connectivity index (χ1n) is 7.28. The molecular weight excluding hydrogens is 306 g/mol. The molecule has 0 heterocycles. The first-order chi connectivity index (χ1) is 11.1. The lowest BCUT2D eigenvalue weighted by Gasteiger charge is -2.23. The summed E-state index contributed by atoms with van der Waals surface area (Å²) in [5.74, 6) is -0.0657. The molecule has 0 fully saturated rings. The second-order valence-corrected chi connectivity index (χ2v) is 5.96. The van der Waals surface area contributed by atoms with Crippen LogP contribution in [0.15, 0.2) is 71.8 Å². The molecule has 2 aliphatic rings. The molecule has 0 atom stereocenters. The Morgan fingerprint density at radius 1 is 0.870 bits per heavy atom. The zero-order chi connectivity index (χ0) is 16.0. The molecule has 3 heteroatoms. The Labute approximate surface area is 138 Å². The third-order valence-corrected chi connectivity index (χ3v) is 4.37. The molecule has 0 spiro atoms. The summed E-state index contributed by atoms with van der Waals surface area (Å²) in [6.45, 7) is 0. The number of carbonyl (C=O) groups is 1. The van der Waals surface area contributed by atoms with E-state index in [0.29, 0.717) is 27.5 Å². The lowest BCUT2D eigenvalue weighted by atomic mass is 9.79. The third-order valence-electron chi connectivity index (χ3n) is 4.13. The first kappa shape index (κ1) is 13.9. The normalized spacial score (nSPS) is 16.1. The topological polar surface area (TPSA) is 40.9 Å². The standard InChI is InChI=1S/C20H12ClNO/c21-14-6-3-5-12(10-14)16-8-9-17-18(20(16)23)11-13-4-1-2-7-15(13)19(17)22/h1-11,22H. The molecule has 0 saturated carbocycles. The molecular formula is C20H12ClNO. The summed E-state index contributed by atoms with van der Waals surface area (Å²) in [4.78, 5) is 12.9. The fourth-order valence-corrected chi connectivity index (χ4v) is 3.19. The number of carbonyl (C=O) groups excluding carboxylic acids is 1. The molecule has 2 aliphatic carbocycles. The highest BCUT2D eigenvalue weighted by atomic mass is 35.5. The average molecular weight is 318 g/mol. The van der Waals surface area contributed by atoms with Crippen molar-refractivity contribution >= 4 is 34.7 Å². The Hall–Kier alpha value is -2.71. The first-order valence-corrected chi connectivity index (χ1v) is 7.66. The van der Waals surface area contributed by atoms with E-state index >= 15 is 0 Å². The lowest BCUT2D eigenvalue weighted by Crippen LogP contribution is -2.20. The van der Waals surface area contributed by atoms with Gasteiger partial charge in [-0.15, -0.1) is 0 Å². The van der Waals surface area contributed by atoms with Crippen LogP contribution in [0.4, 0.5) is 0 Å². The van der Waals surface area contributed by atoms with Gasteiger partial charge in [-0.1, -0.05) is 54.1 Å². The van der Waals surface area contributed by atoms with Gasteiger partial charge in [0.1, 0.15) is 0 Å². The second-order valence-electron chi connectivity index (χ2n) is 5.52. The molecule has 0 aromatic heterocycles. The highest BCUT2D eigenvalue weighted by Gasteiger charge is 2.29. The summed E-state index contributed by atoms with van der Waals surface area (Å²) < 4.78 is 0. The zero-order valence-electron chi connectivity index (χ0n) is 12.1. The minimum Gasteiger partial charge on any atom is -0.300 e. The van der Waals surface area contributed by atoms with Gasteiger partial charge in [-0.3, -0.25) is 10.2 Å². The number of nitrogens with one attached hydrogen (secondary N) is 1. The Morgan fingerprint density at radius 2 is 1.65 bits per heavy atom. The van der Waals surface area contributed by atoms with E-state index in [-0.39, 0.29) is 5.78 Å². The van der Waals surface area contributed by atoms with Crippen LogP contribution >= 0.6 is 11.6 Å². The molecule has 0 amide bonds. The fraction of sp³-hybridized carbons (Fsp3) is 0. The number of benzene rings is 2. The van der Waals surface area contributed by atoms with Crippen molar-refractivity contribution in [1.82, 2.24) is 0 Å². The van der Waals surface area contributed by atoms with E-state index in [1.54, 1.807) is 18.2 Å². The van der Waals surface area contributed by atoms with E-state index < -0.39 is 0 Å². The quantitative estimate of drug-likeness (QED) is 0.814. The van der Waals surface area contributed by atoms with Crippen LogP contribution in [0.2, 0.25) is 5.02 Å².